The minimum Gasteiger partial charge on any atom is -0.481 e. The fraction of sp³-hybridized carbons (Fsp3) is 0.846. The minimum atomic E-state index is -0.879. The number of amides is 2. The lowest BCUT2D eigenvalue weighted by Crippen LogP contribution is -2.47. The van der Waals surface area contributed by atoms with Crippen LogP contribution in [0.4, 0.5) is 4.79 Å². The first-order chi connectivity index (χ1) is 8.21. The quantitative estimate of drug-likeness (QED) is 0.807. The maximum atomic E-state index is 12.1. The number of carboxylic acid groups (broad SMARTS) is 1. The van der Waals surface area contributed by atoms with E-state index in [4.69, 9.17) is 5.11 Å². The van der Waals surface area contributed by atoms with Gasteiger partial charge in [0.2, 0.25) is 0 Å². The molecule has 1 aliphatic rings. The molecule has 0 aromatic carbocycles. The molecule has 2 N–H and O–H groups in total. The molecule has 18 heavy (non-hydrogen) atoms. The van der Waals surface area contributed by atoms with Crippen molar-refractivity contribution in [3.05, 3.63) is 0 Å². The van der Waals surface area contributed by atoms with Crippen molar-refractivity contribution in [3.8, 4) is 0 Å². The molecule has 0 aromatic heterocycles. The van der Waals surface area contributed by atoms with Gasteiger partial charge in [0.15, 0.2) is 0 Å². The predicted octanol–water partition coefficient (Wildman–Crippen LogP) is 1.93. The lowest BCUT2D eigenvalue weighted by molar-refractivity contribution is -0.137. The van der Waals surface area contributed by atoms with E-state index in [-0.39, 0.29) is 29.8 Å². The average molecular weight is 256 g/mol. The van der Waals surface area contributed by atoms with Gasteiger partial charge in [-0.2, -0.15) is 0 Å². The Hall–Kier alpha value is -1.26. The molecular weight excluding hydrogens is 232 g/mol. The first-order valence-electron chi connectivity index (χ1n) is 6.48. The molecule has 1 saturated heterocycles. The van der Waals surface area contributed by atoms with Gasteiger partial charge in [-0.1, -0.05) is 27.7 Å². The summed E-state index contributed by atoms with van der Waals surface area (Å²) in [7, 11) is 0. The minimum absolute atomic E-state index is 0.0271. The van der Waals surface area contributed by atoms with Gasteiger partial charge in [-0.3, -0.25) is 4.79 Å². The first-order valence-corrected chi connectivity index (χ1v) is 6.48. The van der Waals surface area contributed by atoms with Gasteiger partial charge in [0.25, 0.3) is 0 Å². The van der Waals surface area contributed by atoms with Gasteiger partial charge in [-0.25, -0.2) is 4.79 Å². The van der Waals surface area contributed by atoms with Crippen LogP contribution in [0.5, 0.6) is 0 Å². The van der Waals surface area contributed by atoms with Crippen LogP contribution in [0, 0.1) is 11.3 Å². The van der Waals surface area contributed by atoms with Crippen LogP contribution in [0.2, 0.25) is 0 Å². The molecule has 0 spiro atoms. The zero-order valence-electron chi connectivity index (χ0n) is 11.7. The van der Waals surface area contributed by atoms with Gasteiger partial charge < -0.3 is 15.3 Å². The summed E-state index contributed by atoms with van der Waals surface area (Å²) in [6.07, 6.45) is 0.965. The lowest BCUT2D eigenvalue weighted by Gasteiger charge is -2.25. The van der Waals surface area contributed by atoms with Crippen molar-refractivity contribution < 1.29 is 14.7 Å². The summed E-state index contributed by atoms with van der Waals surface area (Å²) in [4.78, 5) is 24.6. The predicted molar refractivity (Wildman–Crippen MR) is 69.4 cm³/mol. The number of aliphatic carboxylic acids is 1. The maximum absolute atomic E-state index is 12.1. The van der Waals surface area contributed by atoms with Crippen LogP contribution >= 0.6 is 0 Å². The molecule has 104 valence electrons. The van der Waals surface area contributed by atoms with E-state index in [0.29, 0.717) is 0 Å². The largest absolute Gasteiger partial charge is 0.481 e. The Balaban J connectivity index is 2.54. The number of hydrogen-bond donors (Lipinski definition) is 2. The molecule has 0 bridgehead atoms. The van der Waals surface area contributed by atoms with Crippen molar-refractivity contribution in [2.45, 2.75) is 46.6 Å². The highest BCUT2D eigenvalue weighted by molar-refractivity contribution is 5.76. The van der Waals surface area contributed by atoms with Crippen LogP contribution in [-0.2, 0) is 4.79 Å². The molecule has 0 aromatic rings. The van der Waals surface area contributed by atoms with Gasteiger partial charge in [0, 0.05) is 19.1 Å². The number of rotatable bonds is 4. The van der Waals surface area contributed by atoms with Crippen LogP contribution in [0.1, 0.15) is 40.5 Å². The summed E-state index contributed by atoms with van der Waals surface area (Å²) in [6, 6.07) is -0.445. The monoisotopic (exact) mass is 256 g/mol. The Kier molecular flexibility index (Phi) is 4.59. The fourth-order valence-electron chi connectivity index (χ4n) is 2.18. The summed E-state index contributed by atoms with van der Waals surface area (Å²) in [5, 5.41) is 11.7. The molecule has 0 aliphatic carbocycles. The molecule has 5 nitrogen and oxygen atoms in total. The summed E-state index contributed by atoms with van der Waals surface area (Å²) in [6.45, 7) is 9.59. The second-order valence-corrected chi connectivity index (χ2v) is 6.23. The molecule has 1 atom stereocenters. The third-order valence-electron chi connectivity index (χ3n) is 3.47. The molecule has 0 saturated carbocycles. The van der Waals surface area contributed by atoms with E-state index < -0.39 is 5.97 Å². The number of carbonyl (C=O) groups is 2. The zero-order chi connectivity index (χ0) is 13.9. The fourth-order valence-corrected chi connectivity index (χ4v) is 2.18. The second-order valence-electron chi connectivity index (χ2n) is 6.23. The van der Waals surface area contributed by atoms with Gasteiger partial charge in [-0.15, -0.1) is 0 Å². The van der Waals surface area contributed by atoms with Gasteiger partial charge in [0.1, 0.15) is 0 Å². The molecule has 1 heterocycles. The smallest absolute Gasteiger partial charge is 0.317 e. The lowest BCUT2D eigenvalue weighted by atomic mass is 9.93. The van der Waals surface area contributed by atoms with E-state index in [1.807, 2.05) is 13.8 Å². The van der Waals surface area contributed by atoms with Crippen LogP contribution in [0.3, 0.4) is 0 Å². The third kappa shape index (κ3) is 4.20. The van der Waals surface area contributed by atoms with E-state index >= 15 is 0 Å². The number of carbonyl (C=O) groups excluding carboxylic acids is 1. The van der Waals surface area contributed by atoms with E-state index in [1.165, 1.54) is 0 Å². The highest BCUT2D eigenvalue weighted by atomic mass is 16.4. The summed E-state index contributed by atoms with van der Waals surface area (Å²) in [5.74, 6) is -0.767. The highest BCUT2D eigenvalue weighted by Gasteiger charge is 2.33. The molecule has 1 fully saturated rings. The van der Waals surface area contributed by atoms with E-state index in [1.54, 1.807) is 4.90 Å². The highest BCUT2D eigenvalue weighted by Crippen LogP contribution is 2.28. The molecule has 1 unspecified atom stereocenters. The van der Waals surface area contributed by atoms with Crippen molar-refractivity contribution in [2.24, 2.45) is 11.3 Å². The Morgan fingerprint density at radius 3 is 2.39 bits per heavy atom. The zero-order valence-corrected chi connectivity index (χ0v) is 11.7. The van der Waals surface area contributed by atoms with Crippen molar-refractivity contribution in [3.63, 3.8) is 0 Å². The Morgan fingerprint density at radius 2 is 2.00 bits per heavy atom. The van der Waals surface area contributed by atoms with Gasteiger partial charge in [0.05, 0.1) is 6.42 Å². The van der Waals surface area contributed by atoms with Crippen molar-refractivity contribution >= 4 is 12.0 Å². The molecule has 0 radical (unpaired) electrons. The van der Waals surface area contributed by atoms with E-state index in [0.717, 1.165) is 19.5 Å². The van der Waals surface area contributed by atoms with Crippen LogP contribution in [-0.4, -0.2) is 41.1 Å². The third-order valence-corrected chi connectivity index (χ3v) is 3.47. The van der Waals surface area contributed by atoms with E-state index in [2.05, 4.69) is 19.2 Å². The molecular formula is C13H24N2O3. The number of nitrogens with zero attached hydrogens (tertiary/aromatic N) is 1. The Bertz CT molecular complexity index is 326. The molecule has 2 amide bonds. The number of hydrogen-bond acceptors (Lipinski definition) is 2. The Morgan fingerprint density at radius 1 is 1.39 bits per heavy atom. The standard InChI is InChI=1S/C13H24N2O3/c1-9(2)10(7-11(16)17)14-12(18)15-6-5-13(3,4)8-15/h9-10H,5-8H2,1-4H3,(H,14,18)(H,16,17). The van der Waals surface area contributed by atoms with Crippen molar-refractivity contribution in [1.82, 2.24) is 10.2 Å². The number of nitrogens with one attached hydrogen (secondary N) is 1. The topological polar surface area (TPSA) is 69.6 Å². The van der Waals surface area contributed by atoms with Crippen LogP contribution < -0.4 is 5.32 Å². The molecule has 1 aliphatic heterocycles. The second kappa shape index (κ2) is 5.59. The summed E-state index contributed by atoms with van der Waals surface area (Å²) >= 11 is 0. The van der Waals surface area contributed by atoms with Crippen molar-refractivity contribution in [1.29, 1.82) is 0 Å². The number of urea groups is 1. The average Bonchev–Trinajstić information content (AvgIpc) is 2.57. The molecule has 5 heteroatoms. The van der Waals surface area contributed by atoms with Crippen LogP contribution in [0.25, 0.3) is 0 Å². The van der Waals surface area contributed by atoms with Crippen molar-refractivity contribution in [2.75, 3.05) is 13.1 Å². The SMILES string of the molecule is CC(C)C(CC(=O)O)NC(=O)N1CCC(C)(C)C1. The van der Waals surface area contributed by atoms with Gasteiger partial charge in [-0.05, 0) is 17.8 Å². The van der Waals surface area contributed by atoms with E-state index in [9.17, 15) is 9.59 Å². The molecule has 1 rings (SSSR count). The van der Waals surface area contributed by atoms with Crippen LogP contribution in [0.15, 0.2) is 0 Å². The normalized spacial score (nSPS) is 19.9. The maximum Gasteiger partial charge on any atom is 0.317 e. The number of likely N-dealkylation sites (tertiary alicyclic amines) is 1. The first kappa shape index (κ1) is 14.8. The number of carboxylic acids is 1. The summed E-state index contributed by atoms with van der Waals surface area (Å²) < 4.78 is 0. The van der Waals surface area contributed by atoms with Gasteiger partial charge >= 0.3 is 12.0 Å². The summed E-state index contributed by atoms with van der Waals surface area (Å²) in [5.41, 5.74) is 0.164. The Labute approximate surface area is 109 Å².